The maximum Gasteiger partial charge on any atom is 0.241 e. The molecule has 0 bridgehead atoms. The van der Waals surface area contributed by atoms with Gasteiger partial charge in [-0.25, -0.2) is 0 Å². The molecule has 24 heavy (non-hydrogen) atoms. The summed E-state index contributed by atoms with van der Waals surface area (Å²) in [4.78, 5) is 26.3. The molecule has 2 rings (SSSR count). The molecule has 1 aliphatic heterocycles. The number of hydrogen-bond donors (Lipinski definition) is 2. The first-order chi connectivity index (χ1) is 11.4. The predicted octanol–water partition coefficient (Wildman–Crippen LogP) is 2.56. The fourth-order valence-electron chi connectivity index (χ4n) is 3.02. The first kappa shape index (κ1) is 18.5. The van der Waals surface area contributed by atoms with E-state index in [1.54, 1.807) is 0 Å². The molecule has 2 amide bonds. The summed E-state index contributed by atoms with van der Waals surface area (Å²) in [7, 11) is 0. The summed E-state index contributed by atoms with van der Waals surface area (Å²) in [6, 6.07) is 7.78. The van der Waals surface area contributed by atoms with Gasteiger partial charge in [0.15, 0.2) is 0 Å². The standard InChI is InChI=1S/C19H29N3O2/c1-13(2)19(24)22-11-9-16(10-12-22)20-15(4)18(23)21-17-8-6-5-7-14(17)3/h5-8,13,15-16,20H,9-12H2,1-4H3,(H,21,23)/t15-/m1/s1. The molecule has 2 N–H and O–H groups in total. The Balaban J connectivity index is 1.81. The topological polar surface area (TPSA) is 61.4 Å². The van der Waals surface area contributed by atoms with Crippen molar-refractivity contribution in [3.63, 3.8) is 0 Å². The van der Waals surface area contributed by atoms with Crippen molar-refractivity contribution in [3.05, 3.63) is 29.8 Å². The molecule has 0 saturated carbocycles. The van der Waals surface area contributed by atoms with Crippen molar-refractivity contribution in [2.24, 2.45) is 5.92 Å². The summed E-state index contributed by atoms with van der Waals surface area (Å²) in [5, 5.41) is 6.37. The Bertz CT molecular complexity index is 578. The number of benzene rings is 1. The molecule has 0 unspecified atom stereocenters. The van der Waals surface area contributed by atoms with Gasteiger partial charge in [0.25, 0.3) is 0 Å². The highest BCUT2D eigenvalue weighted by Crippen LogP contribution is 2.15. The van der Waals surface area contributed by atoms with E-state index >= 15 is 0 Å². The summed E-state index contributed by atoms with van der Waals surface area (Å²) >= 11 is 0. The van der Waals surface area contributed by atoms with Crippen LogP contribution in [0.5, 0.6) is 0 Å². The molecule has 0 aromatic heterocycles. The second-order valence-corrected chi connectivity index (χ2v) is 6.95. The maximum absolute atomic E-state index is 12.4. The third kappa shape index (κ3) is 4.81. The zero-order chi connectivity index (χ0) is 17.7. The van der Waals surface area contributed by atoms with E-state index < -0.39 is 0 Å². The molecule has 0 spiro atoms. The summed E-state index contributed by atoms with van der Waals surface area (Å²) in [5.74, 6) is 0.247. The molecule has 1 fully saturated rings. The summed E-state index contributed by atoms with van der Waals surface area (Å²) in [6.45, 7) is 9.27. The molecular weight excluding hydrogens is 302 g/mol. The number of likely N-dealkylation sites (tertiary alicyclic amines) is 1. The third-order valence-electron chi connectivity index (χ3n) is 4.58. The van der Waals surface area contributed by atoms with Gasteiger partial charge in [0, 0.05) is 30.7 Å². The van der Waals surface area contributed by atoms with Crippen LogP contribution >= 0.6 is 0 Å². The van der Waals surface area contributed by atoms with E-state index in [4.69, 9.17) is 0 Å². The maximum atomic E-state index is 12.4. The first-order valence-corrected chi connectivity index (χ1v) is 8.79. The molecule has 1 atom stereocenters. The molecule has 0 aliphatic carbocycles. The van der Waals surface area contributed by atoms with Crippen LogP contribution in [0.3, 0.4) is 0 Å². The number of para-hydroxylation sites is 1. The minimum Gasteiger partial charge on any atom is -0.342 e. The van der Waals surface area contributed by atoms with Gasteiger partial charge in [-0.3, -0.25) is 9.59 Å². The zero-order valence-electron chi connectivity index (χ0n) is 15.1. The van der Waals surface area contributed by atoms with Crippen LogP contribution in [0.25, 0.3) is 0 Å². The number of nitrogens with one attached hydrogen (secondary N) is 2. The summed E-state index contributed by atoms with van der Waals surface area (Å²) in [5.41, 5.74) is 1.91. The number of anilines is 1. The quantitative estimate of drug-likeness (QED) is 0.872. The number of amides is 2. The van der Waals surface area contributed by atoms with E-state index in [2.05, 4.69) is 10.6 Å². The van der Waals surface area contributed by atoms with Crippen molar-refractivity contribution in [3.8, 4) is 0 Å². The molecule has 1 saturated heterocycles. The van der Waals surface area contributed by atoms with Crippen LogP contribution in [0.1, 0.15) is 39.2 Å². The SMILES string of the molecule is Cc1ccccc1NC(=O)[C@@H](C)NC1CCN(C(=O)C(C)C)CC1. The third-order valence-corrected chi connectivity index (χ3v) is 4.58. The Labute approximate surface area is 144 Å². The number of nitrogens with zero attached hydrogens (tertiary/aromatic N) is 1. The van der Waals surface area contributed by atoms with Crippen LogP contribution in [0.2, 0.25) is 0 Å². The smallest absolute Gasteiger partial charge is 0.241 e. The molecule has 1 aromatic rings. The number of aryl methyl sites for hydroxylation is 1. The van der Waals surface area contributed by atoms with E-state index in [-0.39, 0.29) is 29.8 Å². The number of carbonyl (C=O) groups is 2. The number of hydrogen-bond acceptors (Lipinski definition) is 3. The van der Waals surface area contributed by atoms with Crippen molar-refractivity contribution in [1.82, 2.24) is 10.2 Å². The minimum absolute atomic E-state index is 0.0232. The lowest BCUT2D eigenvalue weighted by Crippen LogP contribution is -2.50. The van der Waals surface area contributed by atoms with Crippen molar-refractivity contribution in [2.45, 2.75) is 52.6 Å². The van der Waals surface area contributed by atoms with Crippen molar-refractivity contribution >= 4 is 17.5 Å². The van der Waals surface area contributed by atoms with Crippen LogP contribution in [0.4, 0.5) is 5.69 Å². The molecule has 0 radical (unpaired) electrons. The molecular formula is C19H29N3O2. The zero-order valence-corrected chi connectivity index (χ0v) is 15.1. The number of carbonyl (C=O) groups excluding carboxylic acids is 2. The molecule has 1 aliphatic rings. The second kappa shape index (κ2) is 8.29. The monoisotopic (exact) mass is 331 g/mol. The van der Waals surface area contributed by atoms with Crippen LogP contribution in [-0.2, 0) is 9.59 Å². The van der Waals surface area contributed by atoms with Gasteiger partial charge in [-0.2, -0.15) is 0 Å². The van der Waals surface area contributed by atoms with E-state index in [0.29, 0.717) is 0 Å². The fourth-order valence-corrected chi connectivity index (χ4v) is 3.02. The molecule has 132 valence electrons. The normalized spacial score (nSPS) is 17.0. The van der Waals surface area contributed by atoms with Gasteiger partial charge in [-0.05, 0) is 38.3 Å². The van der Waals surface area contributed by atoms with Gasteiger partial charge in [0.05, 0.1) is 6.04 Å². The lowest BCUT2D eigenvalue weighted by molar-refractivity contribution is -0.135. The van der Waals surface area contributed by atoms with Crippen molar-refractivity contribution in [2.75, 3.05) is 18.4 Å². The second-order valence-electron chi connectivity index (χ2n) is 6.95. The Morgan fingerprint density at radius 1 is 1.12 bits per heavy atom. The van der Waals surface area contributed by atoms with E-state index in [1.165, 1.54) is 0 Å². The van der Waals surface area contributed by atoms with Crippen LogP contribution < -0.4 is 10.6 Å². The highest BCUT2D eigenvalue weighted by atomic mass is 16.2. The Morgan fingerprint density at radius 2 is 1.75 bits per heavy atom. The van der Waals surface area contributed by atoms with Gasteiger partial charge in [0.2, 0.25) is 11.8 Å². The Hall–Kier alpha value is -1.88. The average Bonchev–Trinajstić information content (AvgIpc) is 2.56. The van der Waals surface area contributed by atoms with E-state index in [0.717, 1.165) is 37.2 Å². The molecule has 5 heteroatoms. The first-order valence-electron chi connectivity index (χ1n) is 8.79. The molecule has 1 heterocycles. The van der Waals surface area contributed by atoms with Gasteiger partial charge in [-0.15, -0.1) is 0 Å². The van der Waals surface area contributed by atoms with Gasteiger partial charge >= 0.3 is 0 Å². The van der Waals surface area contributed by atoms with Gasteiger partial charge in [0.1, 0.15) is 0 Å². The Kier molecular flexibility index (Phi) is 6.37. The highest BCUT2D eigenvalue weighted by Gasteiger charge is 2.26. The largest absolute Gasteiger partial charge is 0.342 e. The molecule has 5 nitrogen and oxygen atoms in total. The van der Waals surface area contributed by atoms with E-state index in [9.17, 15) is 9.59 Å². The highest BCUT2D eigenvalue weighted by molar-refractivity contribution is 5.95. The van der Waals surface area contributed by atoms with Gasteiger partial charge < -0.3 is 15.5 Å². The molecule has 1 aromatic carbocycles. The number of piperidine rings is 1. The summed E-state index contributed by atoms with van der Waals surface area (Å²) in [6.07, 6.45) is 1.78. The van der Waals surface area contributed by atoms with Crippen molar-refractivity contribution < 1.29 is 9.59 Å². The Morgan fingerprint density at radius 3 is 2.33 bits per heavy atom. The predicted molar refractivity (Wildman–Crippen MR) is 96.8 cm³/mol. The fraction of sp³-hybridized carbons (Fsp3) is 0.579. The van der Waals surface area contributed by atoms with Crippen molar-refractivity contribution in [1.29, 1.82) is 0 Å². The van der Waals surface area contributed by atoms with Crippen LogP contribution in [0, 0.1) is 12.8 Å². The lowest BCUT2D eigenvalue weighted by Gasteiger charge is -2.34. The number of rotatable bonds is 5. The van der Waals surface area contributed by atoms with Crippen LogP contribution in [0.15, 0.2) is 24.3 Å². The van der Waals surface area contributed by atoms with E-state index in [1.807, 2.05) is 56.9 Å². The summed E-state index contributed by atoms with van der Waals surface area (Å²) < 4.78 is 0. The lowest BCUT2D eigenvalue weighted by atomic mass is 10.0. The van der Waals surface area contributed by atoms with Crippen LogP contribution in [-0.4, -0.2) is 41.9 Å². The van der Waals surface area contributed by atoms with Gasteiger partial charge in [-0.1, -0.05) is 32.0 Å². The minimum atomic E-state index is -0.262. The average molecular weight is 331 g/mol.